The van der Waals surface area contributed by atoms with Gasteiger partial charge in [0, 0.05) is 19.8 Å². The van der Waals surface area contributed by atoms with Crippen molar-refractivity contribution in [2.24, 2.45) is 32.5 Å². The minimum absolute atomic E-state index is 0.0191. The highest BCUT2D eigenvalue weighted by Crippen LogP contribution is 2.23. The van der Waals surface area contributed by atoms with Crippen LogP contribution in [0.5, 0.6) is 0 Å². The van der Waals surface area contributed by atoms with Gasteiger partial charge in [-0.15, -0.1) is 0 Å². The molecule has 0 fully saturated rings. The van der Waals surface area contributed by atoms with Gasteiger partial charge in [-0.3, -0.25) is 0 Å². The van der Waals surface area contributed by atoms with E-state index in [0.717, 1.165) is 52.5 Å². The van der Waals surface area contributed by atoms with Crippen molar-refractivity contribution in [3.8, 4) is 0 Å². The van der Waals surface area contributed by atoms with Gasteiger partial charge < -0.3 is 37.9 Å². The minimum atomic E-state index is -0.106. The predicted molar refractivity (Wildman–Crippen MR) is 306 cm³/mol. The van der Waals surface area contributed by atoms with Crippen LogP contribution in [0.1, 0.15) is 275 Å². The van der Waals surface area contributed by atoms with Gasteiger partial charge in [-0.1, -0.05) is 125 Å². The number of hydrogen-bond donors (Lipinski definition) is 0. The Labute approximate surface area is 437 Å². The molecule has 0 aromatic heterocycles. The van der Waals surface area contributed by atoms with E-state index in [1.165, 1.54) is 12.8 Å². The molecule has 8 nitrogen and oxygen atoms in total. The fourth-order valence-corrected chi connectivity index (χ4v) is 4.14. The SMILES string of the molecule is CC(C)(C)CCCOC(C)(C)C.CC(C)(C)CCOC(C)(C)C.CC(C)(C)CCOCC(C)(C)C.CC(C)(C)COCC(C)(C)C.CC(C)(C)OCCOC(C)(C)C.CC(C)(C)OCOC(C)(C)C. The molecule has 0 aromatic rings. The lowest BCUT2D eigenvalue weighted by Crippen LogP contribution is -2.26. The molecule has 0 bridgehead atoms. The fraction of sp³-hybridized carbons (Fsp3) is 1.00. The summed E-state index contributed by atoms with van der Waals surface area (Å²) in [5.74, 6) is 0. The lowest BCUT2D eigenvalue weighted by atomic mass is 9.91. The number of hydrogen-bond acceptors (Lipinski definition) is 8. The predicted octanol–water partition coefficient (Wildman–Crippen LogP) is 18.6. The van der Waals surface area contributed by atoms with E-state index >= 15 is 0 Å². The van der Waals surface area contributed by atoms with Gasteiger partial charge in [0.05, 0.1) is 66.6 Å². The molecule has 8 heteroatoms. The lowest BCUT2D eigenvalue weighted by molar-refractivity contribution is -0.163. The summed E-state index contributed by atoms with van der Waals surface area (Å²) in [6, 6.07) is 0. The van der Waals surface area contributed by atoms with Crippen LogP contribution in [0, 0.1) is 32.5 Å². The zero-order valence-corrected chi connectivity index (χ0v) is 54.5. The van der Waals surface area contributed by atoms with E-state index in [-0.39, 0.29) is 33.6 Å². The summed E-state index contributed by atoms with van der Waals surface area (Å²) >= 11 is 0. The second kappa shape index (κ2) is 35.0. The molecule has 0 saturated carbocycles. The van der Waals surface area contributed by atoms with Gasteiger partial charge in [-0.25, -0.2) is 0 Å². The van der Waals surface area contributed by atoms with E-state index in [0.29, 0.717) is 52.5 Å². The van der Waals surface area contributed by atoms with Crippen molar-refractivity contribution < 1.29 is 37.9 Å². The van der Waals surface area contributed by atoms with E-state index in [1.54, 1.807) is 0 Å². The molecule has 0 unspecified atom stereocenters. The van der Waals surface area contributed by atoms with E-state index in [9.17, 15) is 0 Å². The van der Waals surface area contributed by atoms with E-state index in [2.05, 4.69) is 166 Å². The zero-order valence-electron chi connectivity index (χ0n) is 54.5. The van der Waals surface area contributed by atoms with Crippen LogP contribution >= 0.6 is 0 Å². The molecule has 0 atom stereocenters. The number of rotatable bonds is 15. The molecule has 0 saturated heterocycles. The van der Waals surface area contributed by atoms with Gasteiger partial charge in [0.2, 0.25) is 0 Å². The normalized spacial score (nSPS) is 13.6. The summed E-state index contributed by atoms with van der Waals surface area (Å²) in [5, 5.41) is 0. The summed E-state index contributed by atoms with van der Waals surface area (Å²) in [7, 11) is 0. The van der Waals surface area contributed by atoms with E-state index in [1.807, 2.05) is 83.1 Å². The van der Waals surface area contributed by atoms with Crippen LogP contribution < -0.4 is 0 Å². The zero-order chi connectivity index (χ0) is 56.8. The topological polar surface area (TPSA) is 73.8 Å². The Morgan fingerprint density at radius 1 is 0.203 bits per heavy atom. The maximum atomic E-state index is 5.62. The molecular weight excluding hydrogens is 861 g/mol. The molecule has 0 heterocycles. The Bertz CT molecular complexity index is 900. The minimum Gasteiger partial charge on any atom is -0.381 e. The van der Waals surface area contributed by atoms with Crippen LogP contribution in [0.4, 0.5) is 0 Å². The number of ether oxygens (including phenoxy) is 8. The molecule has 0 aromatic carbocycles. The van der Waals surface area contributed by atoms with Crippen LogP contribution in [0.25, 0.3) is 0 Å². The maximum Gasteiger partial charge on any atom is 0.148 e. The van der Waals surface area contributed by atoms with E-state index < -0.39 is 0 Å². The summed E-state index contributed by atoms with van der Waals surface area (Å²) in [6.07, 6.45) is 4.68. The average molecular weight is 996 g/mol. The third-order valence-corrected chi connectivity index (χ3v) is 7.73. The first-order valence-corrected chi connectivity index (χ1v) is 26.7. The van der Waals surface area contributed by atoms with Crippen LogP contribution in [-0.2, 0) is 37.9 Å². The summed E-state index contributed by atoms with van der Waals surface area (Å²) in [4.78, 5) is 0. The fourth-order valence-electron chi connectivity index (χ4n) is 4.14. The van der Waals surface area contributed by atoms with Gasteiger partial charge in [-0.2, -0.15) is 0 Å². The lowest BCUT2D eigenvalue weighted by Gasteiger charge is -2.24. The molecule has 0 aliphatic rings. The van der Waals surface area contributed by atoms with Crippen molar-refractivity contribution in [2.45, 2.75) is 309 Å². The molecule has 0 spiro atoms. The summed E-state index contributed by atoms with van der Waals surface area (Å²) < 4.78 is 44.1. The Morgan fingerprint density at radius 3 is 0.681 bits per heavy atom. The highest BCUT2D eigenvalue weighted by molar-refractivity contribution is 4.67. The third-order valence-electron chi connectivity index (χ3n) is 7.73. The van der Waals surface area contributed by atoms with Crippen molar-refractivity contribution >= 4 is 0 Å². The molecular formula is C61H134O8. The molecule has 69 heavy (non-hydrogen) atoms. The summed E-state index contributed by atoms with van der Waals surface area (Å²) in [6.45, 7) is 83.8. The third kappa shape index (κ3) is 114. The van der Waals surface area contributed by atoms with Gasteiger partial charge in [-0.05, 0) is 183 Å². The van der Waals surface area contributed by atoms with Crippen molar-refractivity contribution in [1.82, 2.24) is 0 Å². The van der Waals surface area contributed by atoms with Crippen LogP contribution in [0.3, 0.4) is 0 Å². The Kier molecular flexibility index (Phi) is 40.7. The summed E-state index contributed by atoms with van der Waals surface area (Å²) in [5.41, 5.74) is 1.86. The molecule has 0 rings (SSSR count). The molecule has 0 aliphatic heterocycles. The Hall–Kier alpha value is -0.320. The van der Waals surface area contributed by atoms with Crippen molar-refractivity contribution in [2.75, 3.05) is 59.6 Å². The van der Waals surface area contributed by atoms with Crippen LogP contribution in [0.15, 0.2) is 0 Å². The van der Waals surface area contributed by atoms with Crippen LogP contribution in [0.2, 0.25) is 0 Å². The second-order valence-corrected chi connectivity index (χ2v) is 32.0. The smallest absolute Gasteiger partial charge is 0.148 e. The Morgan fingerprint density at radius 2 is 0.435 bits per heavy atom. The quantitative estimate of drug-likeness (QED) is 0.119. The highest BCUT2D eigenvalue weighted by atomic mass is 16.7. The van der Waals surface area contributed by atoms with Gasteiger partial charge in [0.1, 0.15) is 6.79 Å². The van der Waals surface area contributed by atoms with Gasteiger partial charge >= 0.3 is 0 Å². The first kappa shape index (κ1) is 80.1. The van der Waals surface area contributed by atoms with Gasteiger partial charge in [0.25, 0.3) is 0 Å². The first-order chi connectivity index (χ1) is 29.7. The Balaban J connectivity index is -0.000000173. The van der Waals surface area contributed by atoms with E-state index in [4.69, 9.17) is 37.9 Å². The largest absolute Gasteiger partial charge is 0.381 e. The van der Waals surface area contributed by atoms with Gasteiger partial charge in [0.15, 0.2) is 0 Å². The molecule has 0 radical (unpaired) electrons. The molecule has 426 valence electrons. The standard InChI is InChI=1S/2C11H24O.C10H22O2.2C10H22O.C9H20O2/c1-10(2,3)7-8-12-9-11(4,5)6;1-10(2,3)8-7-9-12-11(4,5)6;1-9(2,3)11-7-8-12-10(4,5)6;1-9(2,3)7-11-8-10(4,5)6;1-9(2,3)7-8-11-10(4,5)6;1-8(2,3)10-7-11-9(4,5)6/h2*7-9H2,1-6H3;7-8H2,1-6H3;2*7-8H2,1-6H3;7H2,1-6H3. The first-order valence-electron chi connectivity index (χ1n) is 26.7. The van der Waals surface area contributed by atoms with Crippen molar-refractivity contribution in [3.05, 3.63) is 0 Å². The molecule has 0 aliphatic carbocycles. The van der Waals surface area contributed by atoms with Crippen molar-refractivity contribution in [1.29, 1.82) is 0 Å². The average Bonchev–Trinajstić information content (AvgIpc) is 2.99. The molecule has 0 amide bonds. The monoisotopic (exact) mass is 995 g/mol. The maximum absolute atomic E-state index is 5.62. The van der Waals surface area contributed by atoms with Crippen LogP contribution in [-0.4, -0.2) is 93.3 Å². The van der Waals surface area contributed by atoms with Crippen molar-refractivity contribution in [3.63, 3.8) is 0 Å². The molecule has 0 N–H and O–H groups in total. The highest BCUT2D eigenvalue weighted by Gasteiger charge is 2.18. The second-order valence-electron chi connectivity index (χ2n) is 32.0.